The first-order chi connectivity index (χ1) is 8.33. The molecule has 17 heavy (non-hydrogen) atoms. The van der Waals surface area contributed by atoms with Crippen LogP contribution in [0.5, 0.6) is 0 Å². The molecule has 1 aliphatic heterocycles. The fraction of sp³-hybridized carbons (Fsp3) is 0.538. The number of hydrogen-bond donors (Lipinski definition) is 2. The summed E-state index contributed by atoms with van der Waals surface area (Å²) >= 11 is 0. The first-order valence-corrected chi connectivity index (χ1v) is 6.11. The highest BCUT2D eigenvalue weighted by molar-refractivity contribution is 5.56. The summed E-state index contributed by atoms with van der Waals surface area (Å²) in [4.78, 5) is 2.30. The van der Waals surface area contributed by atoms with Gasteiger partial charge in [0.25, 0.3) is 0 Å². The summed E-state index contributed by atoms with van der Waals surface area (Å²) in [6, 6.07) is 8.44. The van der Waals surface area contributed by atoms with E-state index in [1.54, 1.807) is 0 Å². The second-order valence-electron chi connectivity index (χ2n) is 4.28. The van der Waals surface area contributed by atoms with E-state index in [0.29, 0.717) is 13.2 Å². The van der Waals surface area contributed by atoms with E-state index >= 15 is 0 Å². The summed E-state index contributed by atoms with van der Waals surface area (Å²) in [5.74, 6) is 0. The topological polar surface area (TPSA) is 58.7 Å². The molecule has 4 nitrogen and oxygen atoms in total. The van der Waals surface area contributed by atoms with Crippen molar-refractivity contribution >= 4 is 5.69 Å². The minimum atomic E-state index is 0.0848. The number of fused-ring (bicyclic) bond motifs is 1. The molecule has 0 bridgehead atoms. The van der Waals surface area contributed by atoms with E-state index in [1.807, 2.05) is 12.1 Å². The number of ether oxygens (including phenoxy) is 1. The van der Waals surface area contributed by atoms with Gasteiger partial charge in [0.05, 0.1) is 19.8 Å². The Hall–Kier alpha value is -1.10. The zero-order valence-electron chi connectivity index (χ0n) is 10.0. The van der Waals surface area contributed by atoms with Gasteiger partial charge in [0.2, 0.25) is 0 Å². The van der Waals surface area contributed by atoms with Crippen LogP contribution in [0.15, 0.2) is 24.3 Å². The Balaban J connectivity index is 1.98. The van der Waals surface area contributed by atoms with E-state index in [1.165, 1.54) is 11.3 Å². The molecular formula is C13H20N2O2. The van der Waals surface area contributed by atoms with Gasteiger partial charge in [-0.05, 0) is 18.1 Å². The van der Waals surface area contributed by atoms with Crippen LogP contribution in [0.3, 0.4) is 0 Å². The highest BCUT2D eigenvalue weighted by Crippen LogP contribution is 2.31. The second kappa shape index (κ2) is 6.00. The van der Waals surface area contributed by atoms with E-state index in [-0.39, 0.29) is 12.6 Å². The lowest BCUT2D eigenvalue weighted by atomic mass is 9.97. The van der Waals surface area contributed by atoms with Crippen molar-refractivity contribution in [1.82, 2.24) is 0 Å². The van der Waals surface area contributed by atoms with E-state index < -0.39 is 0 Å². The number of hydrogen-bond acceptors (Lipinski definition) is 4. The van der Waals surface area contributed by atoms with Crippen molar-refractivity contribution in [1.29, 1.82) is 0 Å². The van der Waals surface area contributed by atoms with Gasteiger partial charge in [-0.3, -0.25) is 0 Å². The van der Waals surface area contributed by atoms with Crippen molar-refractivity contribution in [2.75, 3.05) is 37.8 Å². The molecule has 0 radical (unpaired) electrons. The van der Waals surface area contributed by atoms with Crippen LogP contribution < -0.4 is 10.6 Å². The molecule has 0 spiro atoms. The molecule has 1 heterocycles. The normalized spacial score (nSPS) is 19.2. The maximum absolute atomic E-state index is 8.64. The number of aliphatic hydroxyl groups is 1. The Labute approximate surface area is 102 Å². The van der Waals surface area contributed by atoms with E-state index in [4.69, 9.17) is 15.6 Å². The smallest absolute Gasteiger partial charge is 0.0698 e. The summed E-state index contributed by atoms with van der Waals surface area (Å²) in [6.07, 6.45) is 0.983. The van der Waals surface area contributed by atoms with Gasteiger partial charge in [0, 0.05) is 24.8 Å². The van der Waals surface area contributed by atoms with E-state index in [2.05, 4.69) is 17.0 Å². The number of nitrogens with two attached hydrogens (primary N) is 1. The van der Waals surface area contributed by atoms with E-state index in [9.17, 15) is 0 Å². The average Bonchev–Trinajstić information content (AvgIpc) is 2.37. The fourth-order valence-electron chi connectivity index (χ4n) is 2.23. The Morgan fingerprint density at radius 3 is 3.00 bits per heavy atom. The molecule has 1 aromatic carbocycles. The summed E-state index contributed by atoms with van der Waals surface area (Å²) in [7, 11) is 0. The van der Waals surface area contributed by atoms with Gasteiger partial charge in [-0.1, -0.05) is 18.2 Å². The van der Waals surface area contributed by atoms with Gasteiger partial charge in [-0.25, -0.2) is 0 Å². The zero-order chi connectivity index (χ0) is 12.1. The number of rotatable bonds is 5. The van der Waals surface area contributed by atoms with Gasteiger partial charge >= 0.3 is 0 Å². The summed E-state index contributed by atoms with van der Waals surface area (Å²) in [6.45, 7) is 2.96. The zero-order valence-corrected chi connectivity index (χ0v) is 10.0. The van der Waals surface area contributed by atoms with Crippen molar-refractivity contribution < 1.29 is 9.84 Å². The lowest BCUT2D eigenvalue weighted by Gasteiger charge is -2.34. The molecule has 0 saturated heterocycles. The van der Waals surface area contributed by atoms with Crippen molar-refractivity contribution in [2.45, 2.75) is 12.5 Å². The fourth-order valence-corrected chi connectivity index (χ4v) is 2.23. The maximum Gasteiger partial charge on any atom is 0.0698 e. The van der Waals surface area contributed by atoms with Crippen LogP contribution in [-0.4, -0.2) is 38.0 Å². The first-order valence-electron chi connectivity index (χ1n) is 6.11. The van der Waals surface area contributed by atoms with Gasteiger partial charge < -0.3 is 20.5 Å². The number of para-hydroxylation sites is 1. The molecule has 0 amide bonds. The quantitative estimate of drug-likeness (QED) is 0.746. The molecule has 4 heteroatoms. The van der Waals surface area contributed by atoms with Crippen LogP contribution in [0, 0.1) is 0 Å². The lowest BCUT2D eigenvalue weighted by Crippen LogP contribution is -2.36. The van der Waals surface area contributed by atoms with Crippen molar-refractivity contribution in [2.24, 2.45) is 5.73 Å². The van der Waals surface area contributed by atoms with E-state index in [0.717, 1.165) is 19.5 Å². The predicted octanol–water partition coefficient (Wildman–Crippen LogP) is 0.905. The predicted molar refractivity (Wildman–Crippen MR) is 68.1 cm³/mol. The number of aliphatic hydroxyl groups excluding tert-OH is 1. The third kappa shape index (κ3) is 2.97. The molecule has 1 unspecified atom stereocenters. The SMILES string of the molecule is NC1CCN(CCOCCO)c2ccccc21. The third-order valence-electron chi connectivity index (χ3n) is 3.13. The molecular weight excluding hydrogens is 216 g/mol. The Kier molecular flexibility index (Phi) is 4.36. The lowest BCUT2D eigenvalue weighted by molar-refractivity contribution is 0.0964. The molecule has 0 saturated carbocycles. The average molecular weight is 236 g/mol. The van der Waals surface area contributed by atoms with Crippen LogP contribution in [-0.2, 0) is 4.74 Å². The van der Waals surface area contributed by atoms with Crippen molar-refractivity contribution in [3.8, 4) is 0 Å². The van der Waals surface area contributed by atoms with Crippen LogP contribution in [0.25, 0.3) is 0 Å². The van der Waals surface area contributed by atoms with Crippen LogP contribution in [0.1, 0.15) is 18.0 Å². The Morgan fingerprint density at radius 2 is 2.18 bits per heavy atom. The van der Waals surface area contributed by atoms with Crippen LogP contribution >= 0.6 is 0 Å². The molecule has 3 N–H and O–H groups in total. The Morgan fingerprint density at radius 1 is 1.35 bits per heavy atom. The highest BCUT2D eigenvalue weighted by atomic mass is 16.5. The minimum absolute atomic E-state index is 0.0848. The van der Waals surface area contributed by atoms with Gasteiger partial charge in [0.15, 0.2) is 0 Å². The van der Waals surface area contributed by atoms with Gasteiger partial charge in [-0.2, -0.15) is 0 Å². The maximum atomic E-state index is 8.64. The van der Waals surface area contributed by atoms with Crippen LogP contribution in [0.2, 0.25) is 0 Å². The third-order valence-corrected chi connectivity index (χ3v) is 3.13. The number of benzene rings is 1. The molecule has 2 rings (SSSR count). The number of nitrogens with zero attached hydrogens (tertiary/aromatic N) is 1. The molecule has 1 aromatic rings. The summed E-state index contributed by atoms with van der Waals surface area (Å²) in [5, 5.41) is 8.64. The van der Waals surface area contributed by atoms with Crippen molar-refractivity contribution in [3.63, 3.8) is 0 Å². The largest absolute Gasteiger partial charge is 0.394 e. The molecule has 94 valence electrons. The number of anilines is 1. The van der Waals surface area contributed by atoms with Crippen LogP contribution in [0.4, 0.5) is 5.69 Å². The summed E-state index contributed by atoms with van der Waals surface area (Å²) in [5.41, 5.74) is 8.54. The first kappa shape index (κ1) is 12.4. The second-order valence-corrected chi connectivity index (χ2v) is 4.28. The molecule has 0 aliphatic carbocycles. The molecule has 1 atom stereocenters. The van der Waals surface area contributed by atoms with Gasteiger partial charge in [0.1, 0.15) is 0 Å². The monoisotopic (exact) mass is 236 g/mol. The minimum Gasteiger partial charge on any atom is -0.394 e. The standard InChI is InChI=1S/C13H20N2O2/c14-12-5-6-15(7-9-17-10-8-16)13-4-2-1-3-11(12)13/h1-4,12,16H,5-10,14H2. The molecule has 1 aliphatic rings. The molecule has 0 fully saturated rings. The highest BCUT2D eigenvalue weighted by Gasteiger charge is 2.21. The van der Waals surface area contributed by atoms with Gasteiger partial charge in [-0.15, -0.1) is 0 Å². The Bertz CT molecular complexity index is 357. The molecule has 0 aromatic heterocycles. The summed E-state index contributed by atoms with van der Waals surface area (Å²) < 4.78 is 5.30. The van der Waals surface area contributed by atoms with Crippen molar-refractivity contribution in [3.05, 3.63) is 29.8 Å².